The van der Waals surface area contributed by atoms with Crippen molar-refractivity contribution in [3.05, 3.63) is 35.9 Å². The van der Waals surface area contributed by atoms with Crippen molar-refractivity contribution in [1.82, 2.24) is 14.7 Å². The molecular formula is C24H37N3O. The second-order valence-electron chi connectivity index (χ2n) is 9.17. The molecule has 3 fully saturated rings. The summed E-state index contributed by atoms with van der Waals surface area (Å²) in [7, 11) is 0. The van der Waals surface area contributed by atoms with E-state index in [-0.39, 0.29) is 0 Å². The van der Waals surface area contributed by atoms with Gasteiger partial charge in [-0.25, -0.2) is 0 Å². The van der Waals surface area contributed by atoms with Gasteiger partial charge in [0.25, 0.3) is 0 Å². The number of piperidine rings is 1. The summed E-state index contributed by atoms with van der Waals surface area (Å²) in [4.78, 5) is 20.2. The van der Waals surface area contributed by atoms with Gasteiger partial charge in [0.05, 0.1) is 0 Å². The largest absolute Gasteiger partial charge is 0.342 e. The zero-order chi connectivity index (χ0) is 19.2. The Hall–Kier alpha value is -1.39. The van der Waals surface area contributed by atoms with Crippen molar-refractivity contribution >= 4 is 5.91 Å². The first-order valence-corrected chi connectivity index (χ1v) is 11.6. The predicted octanol–water partition coefficient (Wildman–Crippen LogP) is 3.62. The average Bonchev–Trinajstić information content (AvgIpc) is 2.76. The molecule has 0 bridgehead atoms. The number of carbonyl (C=O) groups excluding carboxylic acids is 1. The van der Waals surface area contributed by atoms with Gasteiger partial charge in [-0.2, -0.15) is 0 Å². The van der Waals surface area contributed by atoms with Crippen LogP contribution in [-0.4, -0.2) is 66.4 Å². The molecule has 0 atom stereocenters. The third kappa shape index (κ3) is 5.36. The third-order valence-corrected chi connectivity index (χ3v) is 7.11. The van der Waals surface area contributed by atoms with E-state index in [2.05, 4.69) is 45.0 Å². The van der Waals surface area contributed by atoms with E-state index in [1.54, 1.807) is 0 Å². The number of piperazine rings is 1. The summed E-state index contributed by atoms with van der Waals surface area (Å²) < 4.78 is 0. The minimum absolute atomic E-state index is 0.336. The number of amides is 1. The molecule has 4 heteroatoms. The van der Waals surface area contributed by atoms with Crippen molar-refractivity contribution in [1.29, 1.82) is 0 Å². The lowest BCUT2D eigenvalue weighted by Crippen LogP contribution is -2.49. The highest BCUT2D eigenvalue weighted by atomic mass is 16.2. The summed E-state index contributed by atoms with van der Waals surface area (Å²) >= 11 is 0. The van der Waals surface area contributed by atoms with Gasteiger partial charge in [0, 0.05) is 58.3 Å². The van der Waals surface area contributed by atoms with Crippen molar-refractivity contribution in [3.8, 4) is 0 Å². The molecule has 1 aromatic carbocycles. The summed E-state index contributed by atoms with van der Waals surface area (Å²) in [5.41, 5.74) is 1.42. The molecule has 1 saturated carbocycles. The molecule has 28 heavy (non-hydrogen) atoms. The first kappa shape index (κ1) is 19.9. The van der Waals surface area contributed by atoms with E-state index in [9.17, 15) is 4.79 Å². The topological polar surface area (TPSA) is 26.8 Å². The van der Waals surface area contributed by atoms with Crippen LogP contribution in [0, 0.1) is 11.8 Å². The van der Waals surface area contributed by atoms with Crippen LogP contribution in [-0.2, 0) is 11.3 Å². The number of hydrogen-bond acceptors (Lipinski definition) is 3. The Labute approximate surface area is 170 Å². The number of nitrogens with zero attached hydrogens (tertiary/aromatic N) is 3. The molecule has 0 spiro atoms. The summed E-state index contributed by atoms with van der Waals surface area (Å²) in [6.07, 6.45) is 8.49. The Morgan fingerprint density at radius 2 is 1.43 bits per heavy atom. The van der Waals surface area contributed by atoms with Gasteiger partial charge in [0.15, 0.2) is 0 Å². The Balaban J connectivity index is 1.15. The highest BCUT2D eigenvalue weighted by Gasteiger charge is 2.30. The first-order valence-electron chi connectivity index (χ1n) is 11.6. The van der Waals surface area contributed by atoms with Crippen LogP contribution in [0.2, 0.25) is 0 Å². The zero-order valence-corrected chi connectivity index (χ0v) is 17.4. The van der Waals surface area contributed by atoms with Crippen molar-refractivity contribution in [3.63, 3.8) is 0 Å². The van der Waals surface area contributed by atoms with Crippen LogP contribution in [0.5, 0.6) is 0 Å². The molecule has 0 unspecified atom stereocenters. The Morgan fingerprint density at radius 1 is 0.786 bits per heavy atom. The van der Waals surface area contributed by atoms with Crippen LogP contribution in [0.25, 0.3) is 0 Å². The van der Waals surface area contributed by atoms with E-state index < -0.39 is 0 Å². The van der Waals surface area contributed by atoms with Crippen LogP contribution in [0.4, 0.5) is 0 Å². The molecule has 1 amide bonds. The van der Waals surface area contributed by atoms with Gasteiger partial charge in [-0.05, 0) is 37.2 Å². The summed E-state index contributed by atoms with van der Waals surface area (Å²) in [6.45, 7) is 9.02. The number of benzene rings is 1. The lowest BCUT2D eigenvalue weighted by atomic mass is 9.87. The average molecular weight is 384 g/mol. The monoisotopic (exact) mass is 383 g/mol. The van der Waals surface area contributed by atoms with Gasteiger partial charge in [0.2, 0.25) is 5.91 Å². The predicted molar refractivity (Wildman–Crippen MR) is 114 cm³/mol. The maximum Gasteiger partial charge on any atom is 0.225 e. The van der Waals surface area contributed by atoms with Crippen molar-refractivity contribution in [2.75, 3.05) is 45.8 Å². The van der Waals surface area contributed by atoms with Crippen molar-refractivity contribution in [2.45, 2.75) is 51.5 Å². The van der Waals surface area contributed by atoms with Gasteiger partial charge < -0.3 is 9.80 Å². The number of rotatable bonds is 5. The first-order chi connectivity index (χ1) is 13.8. The van der Waals surface area contributed by atoms with E-state index in [0.717, 1.165) is 38.4 Å². The van der Waals surface area contributed by atoms with Crippen LogP contribution in [0.3, 0.4) is 0 Å². The molecule has 0 aromatic heterocycles. The van der Waals surface area contributed by atoms with Crippen molar-refractivity contribution < 1.29 is 4.79 Å². The SMILES string of the molecule is O=C(C1CCCCC1)N1CCC(CN2CCN(Cc3ccccc3)CC2)CC1. The Bertz CT molecular complexity index is 598. The zero-order valence-electron chi connectivity index (χ0n) is 17.4. The molecule has 0 radical (unpaired) electrons. The molecule has 4 rings (SSSR count). The molecule has 1 aromatic rings. The lowest BCUT2D eigenvalue weighted by molar-refractivity contribution is -0.138. The van der Waals surface area contributed by atoms with Gasteiger partial charge in [-0.1, -0.05) is 49.6 Å². The van der Waals surface area contributed by atoms with E-state index in [1.165, 1.54) is 70.4 Å². The second-order valence-corrected chi connectivity index (χ2v) is 9.17. The van der Waals surface area contributed by atoms with Crippen LogP contribution in [0.1, 0.15) is 50.5 Å². The summed E-state index contributed by atoms with van der Waals surface area (Å²) in [6, 6.07) is 10.8. The minimum atomic E-state index is 0.336. The van der Waals surface area contributed by atoms with E-state index >= 15 is 0 Å². The molecule has 2 aliphatic heterocycles. The maximum absolute atomic E-state index is 12.7. The highest BCUT2D eigenvalue weighted by Crippen LogP contribution is 2.28. The molecule has 1 aliphatic carbocycles. The molecule has 2 saturated heterocycles. The van der Waals surface area contributed by atoms with Crippen LogP contribution < -0.4 is 0 Å². The summed E-state index contributed by atoms with van der Waals surface area (Å²) in [5.74, 6) is 1.58. The number of carbonyl (C=O) groups is 1. The fourth-order valence-corrected chi connectivity index (χ4v) is 5.28. The van der Waals surface area contributed by atoms with Crippen LogP contribution in [0.15, 0.2) is 30.3 Å². The molecule has 154 valence electrons. The van der Waals surface area contributed by atoms with Gasteiger partial charge >= 0.3 is 0 Å². The lowest BCUT2D eigenvalue weighted by Gasteiger charge is -2.39. The Kier molecular flexibility index (Phi) is 7.03. The number of likely N-dealkylation sites (tertiary alicyclic amines) is 1. The quantitative estimate of drug-likeness (QED) is 0.777. The summed E-state index contributed by atoms with van der Waals surface area (Å²) in [5, 5.41) is 0. The Morgan fingerprint density at radius 3 is 2.11 bits per heavy atom. The molecule has 3 aliphatic rings. The third-order valence-electron chi connectivity index (χ3n) is 7.11. The standard InChI is InChI=1S/C24H37N3O/c28-24(23-9-5-2-6-10-23)27-13-11-22(12-14-27)20-26-17-15-25(16-18-26)19-21-7-3-1-4-8-21/h1,3-4,7-8,22-23H,2,5-6,9-20H2. The minimum Gasteiger partial charge on any atom is -0.342 e. The fourth-order valence-electron chi connectivity index (χ4n) is 5.28. The molecule has 2 heterocycles. The van der Waals surface area contributed by atoms with E-state index in [0.29, 0.717) is 11.8 Å². The second kappa shape index (κ2) is 9.89. The molecule has 0 N–H and O–H groups in total. The fraction of sp³-hybridized carbons (Fsp3) is 0.708. The van der Waals surface area contributed by atoms with Gasteiger partial charge in [-0.3, -0.25) is 9.69 Å². The van der Waals surface area contributed by atoms with Gasteiger partial charge in [0.1, 0.15) is 0 Å². The van der Waals surface area contributed by atoms with Crippen LogP contribution >= 0.6 is 0 Å². The van der Waals surface area contributed by atoms with E-state index in [1.807, 2.05) is 0 Å². The number of hydrogen-bond donors (Lipinski definition) is 0. The van der Waals surface area contributed by atoms with Crippen molar-refractivity contribution in [2.24, 2.45) is 11.8 Å². The highest BCUT2D eigenvalue weighted by molar-refractivity contribution is 5.79. The molecule has 4 nitrogen and oxygen atoms in total. The smallest absolute Gasteiger partial charge is 0.225 e. The maximum atomic E-state index is 12.7. The van der Waals surface area contributed by atoms with E-state index in [4.69, 9.17) is 0 Å². The normalized spacial score (nSPS) is 23.8. The molecular weight excluding hydrogens is 346 g/mol. The van der Waals surface area contributed by atoms with Gasteiger partial charge in [-0.15, -0.1) is 0 Å².